The lowest BCUT2D eigenvalue weighted by molar-refractivity contribution is -0.134. The zero-order valence-corrected chi connectivity index (χ0v) is 23.4. The Bertz CT molecular complexity index is 1580. The third kappa shape index (κ3) is 6.08. The van der Waals surface area contributed by atoms with Crippen molar-refractivity contribution < 1.29 is 19.2 Å². The smallest absolute Gasteiger partial charge is 0.278 e. The Kier molecular flexibility index (Phi) is 8.43. The lowest BCUT2D eigenvalue weighted by atomic mass is 9.86. The van der Waals surface area contributed by atoms with Gasteiger partial charge in [-0.25, -0.2) is 4.98 Å². The molecule has 1 aliphatic carbocycles. The summed E-state index contributed by atoms with van der Waals surface area (Å²) < 4.78 is 1.26. The number of anilines is 2. The fourth-order valence-electron chi connectivity index (χ4n) is 5.15. The lowest BCUT2D eigenvalue weighted by Crippen LogP contribution is -2.55. The molecule has 2 aromatic carbocycles. The topological polar surface area (TPSA) is 163 Å². The van der Waals surface area contributed by atoms with Gasteiger partial charge in [0.25, 0.3) is 5.56 Å². The first-order valence-electron chi connectivity index (χ1n) is 13.9. The van der Waals surface area contributed by atoms with Crippen molar-refractivity contribution in [2.75, 3.05) is 17.7 Å². The van der Waals surface area contributed by atoms with Crippen LogP contribution < -0.4 is 32.1 Å². The standard InChI is InChI=1S/C30H33N7O5/c1-17(31-2)28(40)36-24-15-32-27(18-8-4-3-5-9-18)37(30(24)42)16-26(39)33-21-12-6-11-20-19(21)10-7-13-22(20)35-29(41)23-14-25(38)34-23/h3-5,7-10,13,15,17,21,23,31H,6,11-12,14,16H2,1-2H3,(H,33,39)(H,34,38)(H,35,41)(H,36,40)/t17-,21?,23?/m0/s1. The van der Waals surface area contributed by atoms with E-state index in [-0.39, 0.29) is 36.5 Å². The van der Waals surface area contributed by atoms with Crippen LogP contribution in [0.2, 0.25) is 0 Å². The largest absolute Gasteiger partial charge is 0.348 e. The highest BCUT2D eigenvalue weighted by atomic mass is 16.2. The molecule has 0 spiro atoms. The number of nitrogens with zero attached hydrogens (tertiary/aromatic N) is 2. The maximum Gasteiger partial charge on any atom is 0.278 e. The zero-order chi connectivity index (χ0) is 29.8. The van der Waals surface area contributed by atoms with Crippen molar-refractivity contribution in [2.24, 2.45) is 0 Å². The highest BCUT2D eigenvalue weighted by molar-refractivity contribution is 6.04. The molecule has 4 amide bonds. The third-order valence-corrected chi connectivity index (χ3v) is 7.61. The number of fused-ring (bicyclic) bond motifs is 1. The van der Waals surface area contributed by atoms with Gasteiger partial charge in [-0.3, -0.25) is 28.5 Å². The molecule has 0 radical (unpaired) electrons. The van der Waals surface area contributed by atoms with E-state index in [2.05, 4.69) is 31.6 Å². The molecule has 5 rings (SSSR count). The molecule has 1 aromatic heterocycles. The van der Waals surface area contributed by atoms with E-state index in [1.54, 1.807) is 26.1 Å². The van der Waals surface area contributed by atoms with Crippen LogP contribution in [0.3, 0.4) is 0 Å². The lowest BCUT2D eigenvalue weighted by Gasteiger charge is -2.30. The van der Waals surface area contributed by atoms with E-state index in [1.165, 1.54) is 10.8 Å². The molecule has 218 valence electrons. The summed E-state index contributed by atoms with van der Waals surface area (Å²) >= 11 is 0. The third-order valence-electron chi connectivity index (χ3n) is 7.61. The van der Waals surface area contributed by atoms with Crippen LogP contribution >= 0.6 is 0 Å². The predicted octanol–water partition coefficient (Wildman–Crippen LogP) is 1.48. The number of nitrogens with one attached hydrogen (secondary N) is 5. The van der Waals surface area contributed by atoms with Crippen LogP contribution in [0, 0.1) is 0 Å². The molecule has 1 fully saturated rings. The Morgan fingerprint density at radius 1 is 1.05 bits per heavy atom. The summed E-state index contributed by atoms with van der Waals surface area (Å²) in [6.45, 7) is 1.35. The quantitative estimate of drug-likeness (QED) is 0.243. The minimum atomic E-state index is -0.548. The number of carbonyl (C=O) groups excluding carboxylic acids is 4. The van der Waals surface area contributed by atoms with Crippen molar-refractivity contribution >= 4 is 35.0 Å². The van der Waals surface area contributed by atoms with E-state index in [9.17, 15) is 24.0 Å². The van der Waals surface area contributed by atoms with Gasteiger partial charge in [-0.2, -0.15) is 0 Å². The first-order valence-corrected chi connectivity index (χ1v) is 13.9. The monoisotopic (exact) mass is 571 g/mol. The summed E-state index contributed by atoms with van der Waals surface area (Å²) in [4.78, 5) is 67.6. The Morgan fingerprint density at radius 3 is 2.52 bits per heavy atom. The maximum atomic E-state index is 13.5. The van der Waals surface area contributed by atoms with Crippen molar-refractivity contribution in [1.82, 2.24) is 25.5 Å². The Balaban J connectivity index is 1.38. The fraction of sp³-hybridized carbons (Fsp3) is 0.333. The first-order chi connectivity index (χ1) is 20.2. The van der Waals surface area contributed by atoms with Crippen LogP contribution in [0.15, 0.2) is 59.5 Å². The van der Waals surface area contributed by atoms with E-state index >= 15 is 0 Å². The minimum absolute atomic E-state index is 0.0272. The normalized spacial score (nSPS) is 18.1. The molecule has 2 aliphatic rings. The number of β-lactam (4-membered cyclic amide) rings is 1. The Hall–Kier alpha value is -4.84. The zero-order valence-electron chi connectivity index (χ0n) is 23.4. The van der Waals surface area contributed by atoms with E-state index in [1.807, 2.05) is 36.4 Å². The Labute approximate surface area is 242 Å². The molecule has 0 bridgehead atoms. The van der Waals surface area contributed by atoms with Crippen molar-refractivity contribution in [3.05, 3.63) is 76.2 Å². The molecule has 0 saturated carbocycles. The summed E-state index contributed by atoms with van der Waals surface area (Å²) in [6.07, 6.45) is 3.67. The van der Waals surface area contributed by atoms with Crippen LogP contribution in [-0.4, -0.2) is 52.3 Å². The van der Waals surface area contributed by atoms with Crippen LogP contribution in [0.1, 0.15) is 43.4 Å². The molecular formula is C30H33N7O5. The molecule has 2 heterocycles. The number of likely N-dealkylation sites (N-methyl/N-ethyl adjacent to an activating group) is 1. The molecule has 42 heavy (non-hydrogen) atoms. The number of amides is 4. The second kappa shape index (κ2) is 12.4. The van der Waals surface area contributed by atoms with Crippen LogP contribution in [0.4, 0.5) is 11.4 Å². The molecule has 3 atom stereocenters. The number of carbonyl (C=O) groups is 4. The number of hydrogen-bond acceptors (Lipinski definition) is 7. The molecule has 1 saturated heterocycles. The van der Waals surface area contributed by atoms with Gasteiger partial charge in [-0.05, 0) is 50.4 Å². The van der Waals surface area contributed by atoms with E-state index in [0.717, 1.165) is 24.0 Å². The Morgan fingerprint density at radius 2 is 1.81 bits per heavy atom. The SMILES string of the molecule is CN[C@@H](C)C(=O)Nc1cnc(-c2ccccc2)n(CC(=O)NC2CCCc3c(NC(=O)C4CC(=O)N4)cccc32)c1=O. The summed E-state index contributed by atoms with van der Waals surface area (Å²) in [5.74, 6) is -0.926. The van der Waals surface area contributed by atoms with Gasteiger partial charge in [-0.15, -0.1) is 0 Å². The van der Waals surface area contributed by atoms with Gasteiger partial charge in [0.1, 0.15) is 24.1 Å². The van der Waals surface area contributed by atoms with Crippen LogP contribution in [-0.2, 0) is 32.1 Å². The van der Waals surface area contributed by atoms with E-state index in [0.29, 0.717) is 23.5 Å². The fourth-order valence-corrected chi connectivity index (χ4v) is 5.15. The minimum Gasteiger partial charge on any atom is -0.348 e. The highest BCUT2D eigenvalue weighted by Crippen LogP contribution is 2.34. The van der Waals surface area contributed by atoms with Gasteiger partial charge in [-0.1, -0.05) is 42.5 Å². The average molecular weight is 572 g/mol. The second-order valence-electron chi connectivity index (χ2n) is 10.5. The van der Waals surface area contributed by atoms with Crippen molar-refractivity contribution in [2.45, 2.75) is 57.3 Å². The molecule has 12 heteroatoms. The summed E-state index contributed by atoms with van der Waals surface area (Å²) in [6, 6.07) is 13.2. The molecule has 12 nitrogen and oxygen atoms in total. The maximum absolute atomic E-state index is 13.5. The summed E-state index contributed by atoms with van der Waals surface area (Å²) in [5, 5.41) is 14.0. The van der Waals surface area contributed by atoms with Crippen molar-refractivity contribution in [3.8, 4) is 11.4 Å². The van der Waals surface area contributed by atoms with Gasteiger partial charge >= 0.3 is 0 Å². The molecule has 2 unspecified atom stereocenters. The summed E-state index contributed by atoms with van der Waals surface area (Å²) in [7, 11) is 1.64. The van der Waals surface area contributed by atoms with Crippen LogP contribution in [0.25, 0.3) is 11.4 Å². The molecule has 3 aromatic rings. The van der Waals surface area contributed by atoms with Crippen molar-refractivity contribution in [1.29, 1.82) is 0 Å². The van der Waals surface area contributed by atoms with Gasteiger partial charge in [0, 0.05) is 11.3 Å². The molecule has 1 aliphatic heterocycles. The van der Waals surface area contributed by atoms with Crippen molar-refractivity contribution in [3.63, 3.8) is 0 Å². The molecule has 5 N–H and O–H groups in total. The van der Waals surface area contributed by atoms with Gasteiger partial charge in [0.2, 0.25) is 23.6 Å². The van der Waals surface area contributed by atoms with Gasteiger partial charge < -0.3 is 26.6 Å². The second-order valence-corrected chi connectivity index (χ2v) is 10.5. The van der Waals surface area contributed by atoms with E-state index < -0.39 is 29.5 Å². The van der Waals surface area contributed by atoms with E-state index in [4.69, 9.17) is 0 Å². The first kappa shape index (κ1) is 28.7. The number of rotatable bonds is 9. The number of benzene rings is 2. The van der Waals surface area contributed by atoms with Crippen LogP contribution in [0.5, 0.6) is 0 Å². The predicted molar refractivity (Wildman–Crippen MR) is 157 cm³/mol. The molecular weight excluding hydrogens is 538 g/mol. The summed E-state index contributed by atoms with van der Waals surface area (Å²) in [5.41, 5.74) is 2.55. The average Bonchev–Trinajstić information content (AvgIpc) is 2.98. The number of aromatic nitrogens is 2. The van der Waals surface area contributed by atoms with Gasteiger partial charge in [0.05, 0.1) is 24.7 Å². The van der Waals surface area contributed by atoms with Gasteiger partial charge in [0.15, 0.2) is 0 Å². The number of hydrogen-bond donors (Lipinski definition) is 5. The highest BCUT2D eigenvalue weighted by Gasteiger charge is 2.33.